The molecule has 1 saturated heterocycles. The highest BCUT2D eigenvalue weighted by Gasteiger charge is 2.29. The van der Waals surface area contributed by atoms with Crippen molar-refractivity contribution in [1.29, 1.82) is 0 Å². The SMILES string of the molecule is CCOc1cccc2cc(C(=O)N3CCC(c4nccn4Cc4cc(OC)cc(OC)c4)CC3)oc12. The maximum atomic E-state index is 13.2. The number of fused-ring (bicyclic) bond motifs is 1. The number of carbonyl (C=O) groups is 1. The predicted molar refractivity (Wildman–Crippen MR) is 136 cm³/mol. The van der Waals surface area contributed by atoms with Crippen LogP contribution in [0.2, 0.25) is 0 Å². The molecule has 188 valence electrons. The Bertz CT molecular complexity index is 1330. The quantitative estimate of drug-likeness (QED) is 0.342. The molecule has 5 rings (SSSR count). The van der Waals surface area contributed by atoms with Gasteiger partial charge in [0.15, 0.2) is 17.1 Å². The average molecular weight is 490 g/mol. The Kier molecular flexibility index (Phi) is 6.84. The largest absolute Gasteiger partial charge is 0.497 e. The van der Waals surface area contributed by atoms with Crippen LogP contribution in [-0.4, -0.2) is 54.3 Å². The number of carbonyl (C=O) groups excluding carboxylic acids is 1. The summed E-state index contributed by atoms with van der Waals surface area (Å²) in [5, 5.41) is 0.871. The molecule has 0 aliphatic carbocycles. The van der Waals surface area contributed by atoms with E-state index in [1.54, 1.807) is 20.3 Å². The molecule has 0 bridgehead atoms. The van der Waals surface area contributed by atoms with Gasteiger partial charge in [0, 0.05) is 49.4 Å². The first-order valence-corrected chi connectivity index (χ1v) is 12.3. The monoisotopic (exact) mass is 489 g/mol. The van der Waals surface area contributed by atoms with E-state index in [0.29, 0.717) is 43.3 Å². The van der Waals surface area contributed by atoms with Crippen LogP contribution in [0.15, 0.2) is 59.3 Å². The van der Waals surface area contributed by atoms with Gasteiger partial charge < -0.3 is 28.1 Å². The van der Waals surface area contributed by atoms with E-state index in [0.717, 1.165) is 41.1 Å². The molecular weight excluding hydrogens is 458 g/mol. The van der Waals surface area contributed by atoms with E-state index >= 15 is 0 Å². The van der Waals surface area contributed by atoms with Crippen LogP contribution in [0.5, 0.6) is 17.2 Å². The molecule has 0 saturated carbocycles. The number of methoxy groups -OCH3 is 2. The molecule has 1 fully saturated rings. The van der Waals surface area contributed by atoms with Gasteiger partial charge in [-0.15, -0.1) is 0 Å². The second-order valence-electron chi connectivity index (χ2n) is 8.92. The molecule has 2 aromatic carbocycles. The molecule has 0 atom stereocenters. The van der Waals surface area contributed by atoms with Crippen molar-refractivity contribution in [2.45, 2.75) is 32.2 Å². The van der Waals surface area contributed by atoms with Gasteiger partial charge >= 0.3 is 0 Å². The lowest BCUT2D eigenvalue weighted by Crippen LogP contribution is -2.38. The van der Waals surface area contributed by atoms with E-state index in [9.17, 15) is 4.79 Å². The highest BCUT2D eigenvalue weighted by molar-refractivity contribution is 5.97. The minimum absolute atomic E-state index is 0.0843. The summed E-state index contributed by atoms with van der Waals surface area (Å²) in [6, 6.07) is 13.4. The highest BCUT2D eigenvalue weighted by atomic mass is 16.5. The number of piperidine rings is 1. The van der Waals surface area contributed by atoms with Crippen LogP contribution in [0.1, 0.15) is 47.6 Å². The van der Waals surface area contributed by atoms with Gasteiger partial charge in [-0.05, 0) is 49.6 Å². The Hall–Kier alpha value is -3.94. The summed E-state index contributed by atoms with van der Waals surface area (Å²) in [6.45, 7) is 4.44. The van der Waals surface area contributed by atoms with Gasteiger partial charge in [0.05, 0.1) is 20.8 Å². The molecule has 8 nitrogen and oxygen atoms in total. The Morgan fingerprint density at radius 2 is 1.83 bits per heavy atom. The zero-order valence-corrected chi connectivity index (χ0v) is 20.9. The smallest absolute Gasteiger partial charge is 0.289 e. The third-order valence-electron chi connectivity index (χ3n) is 6.68. The number of hydrogen-bond acceptors (Lipinski definition) is 6. The zero-order chi connectivity index (χ0) is 25.1. The van der Waals surface area contributed by atoms with Crippen molar-refractivity contribution in [2.24, 2.45) is 0 Å². The van der Waals surface area contributed by atoms with Crippen molar-refractivity contribution in [1.82, 2.24) is 14.5 Å². The summed E-state index contributed by atoms with van der Waals surface area (Å²) in [6.07, 6.45) is 5.53. The summed E-state index contributed by atoms with van der Waals surface area (Å²) in [7, 11) is 3.30. The molecular formula is C28H31N3O5. The molecule has 0 spiro atoms. The number of hydrogen-bond donors (Lipinski definition) is 0. The zero-order valence-electron chi connectivity index (χ0n) is 20.9. The average Bonchev–Trinajstić information content (AvgIpc) is 3.56. The van der Waals surface area contributed by atoms with Crippen molar-refractivity contribution in [2.75, 3.05) is 33.9 Å². The molecule has 1 amide bonds. The molecule has 0 N–H and O–H groups in total. The maximum absolute atomic E-state index is 13.2. The summed E-state index contributed by atoms with van der Waals surface area (Å²) in [5.41, 5.74) is 1.70. The summed E-state index contributed by atoms with van der Waals surface area (Å²) >= 11 is 0. The van der Waals surface area contributed by atoms with E-state index in [1.165, 1.54) is 0 Å². The number of amides is 1. The van der Waals surface area contributed by atoms with E-state index in [-0.39, 0.29) is 11.8 Å². The molecule has 1 aliphatic rings. The number of likely N-dealkylation sites (tertiary alicyclic amines) is 1. The Morgan fingerprint density at radius 1 is 1.08 bits per heavy atom. The van der Waals surface area contributed by atoms with Gasteiger partial charge in [0.25, 0.3) is 5.91 Å². The topological polar surface area (TPSA) is 79.0 Å². The molecule has 36 heavy (non-hydrogen) atoms. The van der Waals surface area contributed by atoms with Crippen molar-refractivity contribution < 1.29 is 23.4 Å². The first-order valence-electron chi connectivity index (χ1n) is 12.3. The molecule has 2 aromatic heterocycles. The molecule has 0 unspecified atom stereocenters. The number of benzene rings is 2. The third-order valence-corrected chi connectivity index (χ3v) is 6.68. The number of furan rings is 1. The van der Waals surface area contributed by atoms with Gasteiger partial charge in [-0.25, -0.2) is 4.98 Å². The van der Waals surface area contributed by atoms with Crippen LogP contribution in [0, 0.1) is 0 Å². The number of aromatic nitrogens is 2. The van der Waals surface area contributed by atoms with Crippen molar-refractivity contribution in [3.05, 3.63) is 72.0 Å². The van der Waals surface area contributed by atoms with Crippen LogP contribution in [0.4, 0.5) is 0 Å². The molecule has 4 aromatic rings. The van der Waals surface area contributed by atoms with Crippen LogP contribution < -0.4 is 14.2 Å². The van der Waals surface area contributed by atoms with E-state index in [2.05, 4.69) is 9.55 Å². The fourth-order valence-corrected chi connectivity index (χ4v) is 4.88. The Labute approximate surface area is 210 Å². The molecule has 0 radical (unpaired) electrons. The van der Waals surface area contributed by atoms with Crippen molar-refractivity contribution in [3.8, 4) is 17.2 Å². The fourth-order valence-electron chi connectivity index (χ4n) is 4.88. The fraction of sp³-hybridized carbons (Fsp3) is 0.357. The third kappa shape index (κ3) is 4.76. The maximum Gasteiger partial charge on any atom is 0.289 e. The van der Waals surface area contributed by atoms with E-state index in [4.69, 9.17) is 18.6 Å². The Balaban J connectivity index is 1.27. The van der Waals surface area contributed by atoms with E-state index < -0.39 is 0 Å². The van der Waals surface area contributed by atoms with Gasteiger partial charge in [-0.2, -0.15) is 0 Å². The number of ether oxygens (including phenoxy) is 3. The molecule has 1 aliphatic heterocycles. The molecule has 3 heterocycles. The van der Waals surface area contributed by atoms with Crippen LogP contribution >= 0.6 is 0 Å². The second kappa shape index (κ2) is 10.4. The molecule has 8 heteroatoms. The predicted octanol–water partition coefficient (Wildman–Crippen LogP) is 5.11. The lowest BCUT2D eigenvalue weighted by Gasteiger charge is -2.31. The lowest BCUT2D eigenvalue weighted by molar-refractivity contribution is 0.0680. The first kappa shape index (κ1) is 23.8. The highest BCUT2D eigenvalue weighted by Crippen LogP contribution is 2.32. The second-order valence-corrected chi connectivity index (χ2v) is 8.92. The number of nitrogens with zero attached hydrogens (tertiary/aromatic N) is 3. The number of imidazole rings is 1. The van der Waals surface area contributed by atoms with Crippen molar-refractivity contribution >= 4 is 16.9 Å². The normalized spacial score (nSPS) is 14.2. The number of rotatable bonds is 8. The minimum atomic E-state index is -0.0843. The van der Waals surface area contributed by atoms with Gasteiger partial charge in [-0.1, -0.05) is 12.1 Å². The standard InChI is InChI=1S/C28H31N3O5/c1-4-35-24-7-5-6-21-16-25(36-26(21)24)28(32)30-11-8-20(9-12-30)27-29-10-13-31(27)18-19-14-22(33-2)17-23(15-19)34-3/h5-7,10,13-17,20H,4,8-9,11-12,18H2,1-3H3. The summed E-state index contributed by atoms with van der Waals surface area (Å²) in [4.78, 5) is 19.7. The van der Waals surface area contributed by atoms with Gasteiger partial charge in [0.2, 0.25) is 0 Å². The van der Waals surface area contributed by atoms with Crippen LogP contribution in [0.25, 0.3) is 11.0 Å². The van der Waals surface area contributed by atoms with Crippen LogP contribution in [0.3, 0.4) is 0 Å². The summed E-state index contributed by atoms with van der Waals surface area (Å²) < 4.78 is 24.6. The minimum Gasteiger partial charge on any atom is -0.497 e. The van der Waals surface area contributed by atoms with Gasteiger partial charge in [0.1, 0.15) is 17.3 Å². The first-order chi connectivity index (χ1) is 17.6. The number of para-hydroxylation sites is 1. The lowest BCUT2D eigenvalue weighted by atomic mass is 9.95. The summed E-state index contributed by atoms with van der Waals surface area (Å²) in [5.74, 6) is 3.76. The van der Waals surface area contributed by atoms with Crippen molar-refractivity contribution in [3.63, 3.8) is 0 Å². The van der Waals surface area contributed by atoms with Crippen LogP contribution in [-0.2, 0) is 6.54 Å². The Morgan fingerprint density at radius 3 is 2.53 bits per heavy atom. The van der Waals surface area contributed by atoms with Gasteiger partial charge in [-0.3, -0.25) is 4.79 Å². The van der Waals surface area contributed by atoms with E-state index in [1.807, 2.05) is 60.6 Å².